The van der Waals surface area contributed by atoms with Gasteiger partial charge in [-0.05, 0) is 0 Å². The summed E-state index contributed by atoms with van der Waals surface area (Å²) < 4.78 is 14.8. The molecule has 20 heavy (non-hydrogen) atoms. The zero-order chi connectivity index (χ0) is 15.2. The van der Waals surface area contributed by atoms with E-state index in [1.165, 1.54) is 6.20 Å². The lowest BCUT2D eigenvalue weighted by molar-refractivity contribution is -0.117. The van der Waals surface area contributed by atoms with Crippen LogP contribution in [0.25, 0.3) is 0 Å². The van der Waals surface area contributed by atoms with Crippen LogP contribution in [0.2, 0.25) is 0 Å². The molecule has 0 rings (SSSR count). The van der Waals surface area contributed by atoms with Crippen LogP contribution in [0.15, 0.2) is 11.8 Å². The number of nitrogens with one attached hydrogen (secondary N) is 1. The summed E-state index contributed by atoms with van der Waals surface area (Å²) in [7, 11) is 4.74. The molecule has 7 heteroatoms. The molecule has 0 aromatic heterocycles. The first-order valence-corrected chi connectivity index (χ1v) is 6.30. The lowest BCUT2D eigenvalue weighted by Crippen LogP contribution is -2.31. The standard InChI is InChI=1S/C13H23N3O4/c1-18-7-4-15-13(17)12(10-14)11-16(5-8-19-2)6-9-20-3/h11H,4-9H2,1-3H3,(H,15,17)/b12-11-. The average molecular weight is 285 g/mol. The Kier molecular flexibility index (Phi) is 11.4. The topological polar surface area (TPSA) is 83.8 Å². The second kappa shape index (κ2) is 12.4. The second-order valence-electron chi connectivity index (χ2n) is 3.92. The first-order chi connectivity index (χ1) is 9.69. The number of carbonyl (C=O) groups excluding carboxylic acids is 1. The minimum absolute atomic E-state index is 0.0494. The molecular formula is C13H23N3O4. The Bertz CT molecular complexity index is 331. The minimum Gasteiger partial charge on any atom is -0.383 e. The highest BCUT2D eigenvalue weighted by molar-refractivity contribution is 5.97. The first-order valence-electron chi connectivity index (χ1n) is 6.30. The maximum atomic E-state index is 11.8. The first kappa shape index (κ1) is 18.4. The van der Waals surface area contributed by atoms with Crippen molar-refractivity contribution < 1.29 is 19.0 Å². The molecule has 0 radical (unpaired) electrons. The third-order valence-electron chi connectivity index (χ3n) is 2.43. The zero-order valence-corrected chi connectivity index (χ0v) is 12.3. The molecule has 0 spiro atoms. The van der Waals surface area contributed by atoms with Crippen molar-refractivity contribution >= 4 is 5.91 Å². The van der Waals surface area contributed by atoms with E-state index in [1.54, 1.807) is 21.3 Å². The molecule has 1 amide bonds. The fourth-order valence-electron chi connectivity index (χ4n) is 1.34. The largest absolute Gasteiger partial charge is 0.383 e. The molecular weight excluding hydrogens is 262 g/mol. The smallest absolute Gasteiger partial charge is 0.263 e. The van der Waals surface area contributed by atoms with Crippen molar-refractivity contribution in [2.24, 2.45) is 0 Å². The molecule has 0 saturated heterocycles. The quantitative estimate of drug-likeness (QED) is 0.320. The molecule has 0 saturated carbocycles. The number of nitriles is 1. The average Bonchev–Trinajstić information content (AvgIpc) is 2.46. The fourth-order valence-corrected chi connectivity index (χ4v) is 1.34. The van der Waals surface area contributed by atoms with Crippen molar-refractivity contribution in [1.29, 1.82) is 5.26 Å². The van der Waals surface area contributed by atoms with E-state index in [0.29, 0.717) is 39.5 Å². The van der Waals surface area contributed by atoms with E-state index in [2.05, 4.69) is 5.32 Å². The Morgan fingerprint density at radius 3 is 2.15 bits per heavy atom. The lowest BCUT2D eigenvalue weighted by atomic mass is 10.3. The Morgan fingerprint density at radius 2 is 1.70 bits per heavy atom. The summed E-state index contributed by atoms with van der Waals surface area (Å²) >= 11 is 0. The van der Waals surface area contributed by atoms with Crippen LogP contribution in [0.3, 0.4) is 0 Å². The third kappa shape index (κ3) is 8.48. The van der Waals surface area contributed by atoms with Gasteiger partial charge in [-0.2, -0.15) is 5.26 Å². The SMILES string of the molecule is COCCNC(=O)/C(C#N)=C\N(CCOC)CCOC. The summed E-state index contributed by atoms with van der Waals surface area (Å²) in [5.41, 5.74) is 0.0494. The molecule has 0 aliphatic rings. The van der Waals surface area contributed by atoms with Crippen molar-refractivity contribution in [1.82, 2.24) is 10.2 Å². The van der Waals surface area contributed by atoms with E-state index < -0.39 is 5.91 Å². The summed E-state index contributed by atoms with van der Waals surface area (Å²) in [6.07, 6.45) is 1.53. The maximum Gasteiger partial charge on any atom is 0.263 e. The van der Waals surface area contributed by atoms with Gasteiger partial charge in [0.05, 0.1) is 19.8 Å². The molecule has 1 N–H and O–H groups in total. The van der Waals surface area contributed by atoms with Crippen LogP contribution >= 0.6 is 0 Å². The Morgan fingerprint density at radius 1 is 1.15 bits per heavy atom. The Balaban J connectivity index is 4.58. The molecule has 0 bridgehead atoms. The maximum absolute atomic E-state index is 11.8. The van der Waals surface area contributed by atoms with Gasteiger partial charge in [-0.25, -0.2) is 0 Å². The van der Waals surface area contributed by atoms with E-state index in [9.17, 15) is 4.79 Å². The van der Waals surface area contributed by atoms with E-state index in [0.717, 1.165) is 0 Å². The van der Waals surface area contributed by atoms with Gasteiger partial charge in [-0.3, -0.25) is 4.79 Å². The molecule has 0 aromatic carbocycles. The number of carbonyl (C=O) groups is 1. The molecule has 0 aliphatic carbocycles. The van der Waals surface area contributed by atoms with Crippen molar-refractivity contribution in [2.75, 3.05) is 60.8 Å². The lowest BCUT2D eigenvalue weighted by Gasteiger charge is -2.20. The normalized spacial score (nSPS) is 11.0. The Labute approximate surface area is 120 Å². The van der Waals surface area contributed by atoms with E-state index in [4.69, 9.17) is 19.5 Å². The summed E-state index contributed by atoms with van der Waals surface area (Å²) in [4.78, 5) is 13.6. The van der Waals surface area contributed by atoms with Crippen molar-refractivity contribution in [3.8, 4) is 6.07 Å². The predicted octanol–water partition coefficient (Wildman–Crippen LogP) is -0.249. The van der Waals surface area contributed by atoms with Crippen LogP contribution in [0, 0.1) is 11.3 Å². The number of hydrogen-bond acceptors (Lipinski definition) is 6. The van der Waals surface area contributed by atoms with Gasteiger partial charge in [0.1, 0.15) is 11.6 Å². The van der Waals surface area contributed by atoms with Crippen molar-refractivity contribution in [3.05, 3.63) is 11.8 Å². The number of methoxy groups -OCH3 is 3. The van der Waals surface area contributed by atoms with Crippen LogP contribution < -0.4 is 5.32 Å². The van der Waals surface area contributed by atoms with Crippen molar-refractivity contribution in [3.63, 3.8) is 0 Å². The summed E-state index contributed by atoms with van der Waals surface area (Å²) in [6, 6.07) is 1.90. The van der Waals surface area contributed by atoms with Crippen molar-refractivity contribution in [2.45, 2.75) is 0 Å². The van der Waals surface area contributed by atoms with Gasteiger partial charge in [0.15, 0.2) is 0 Å². The molecule has 0 atom stereocenters. The van der Waals surface area contributed by atoms with E-state index in [1.807, 2.05) is 11.0 Å². The molecule has 114 valence electrons. The van der Waals surface area contributed by atoms with Gasteiger partial charge in [-0.15, -0.1) is 0 Å². The summed E-state index contributed by atoms with van der Waals surface area (Å²) in [6.45, 7) is 2.94. The van der Waals surface area contributed by atoms with Gasteiger partial charge >= 0.3 is 0 Å². The summed E-state index contributed by atoms with van der Waals surface area (Å²) in [5.74, 6) is -0.413. The van der Waals surface area contributed by atoms with Crippen LogP contribution in [0.4, 0.5) is 0 Å². The monoisotopic (exact) mass is 285 g/mol. The fraction of sp³-hybridized carbons (Fsp3) is 0.692. The van der Waals surface area contributed by atoms with Crippen LogP contribution in [-0.4, -0.2) is 71.6 Å². The number of nitrogens with zero attached hydrogens (tertiary/aromatic N) is 2. The van der Waals surface area contributed by atoms with E-state index in [-0.39, 0.29) is 5.57 Å². The summed E-state index contributed by atoms with van der Waals surface area (Å²) in [5, 5.41) is 11.7. The van der Waals surface area contributed by atoms with Gasteiger partial charge in [0.2, 0.25) is 0 Å². The van der Waals surface area contributed by atoms with Gasteiger partial charge in [0, 0.05) is 47.2 Å². The van der Waals surface area contributed by atoms with Crippen LogP contribution in [0.5, 0.6) is 0 Å². The molecule has 0 fully saturated rings. The van der Waals surface area contributed by atoms with Gasteiger partial charge < -0.3 is 24.4 Å². The molecule has 0 aliphatic heterocycles. The molecule has 0 aromatic rings. The molecule has 0 unspecified atom stereocenters. The molecule has 7 nitrogen and oxygen atoms in total. The number of ether oxygens (including phenoxy) is 3. The number of rotatable bonds is 11. The van der Waals surface area contributed by atoms with Crippen LogP contribution in [-0.2, 0) is 19.0 Å². The van der Waals surface area contributed by atoms with E-state index >= 15 is 0 Å². The number of hydrogen-bond donors (Lipinski definition) is 1. The Hall–Kier alpha value is -1.62. The van der Waals surface area contributed by atoms with Crippen LogP contribution in [0.1, 0.15) is 0 Å². The third-order valence-corrected chi connectivity index (χ3v) is 2.43. The highest BCUT2D eigenvalue weighted by Gasteiger charge is 2.10. The second-order valence-corrected chi connectivity index (χ2v) is 3.92. The zero-order valence-electron chi connectivity index (χ0n) is 12.3. The minimum atomic E-state index is -0.413. The highest BCUT2D eigenvalue weighted by atomic mass is 16.5. The number of amides is 1. The highest BCUT2D eigenvalue weighted by Crippen LogP contribution is 1.99. The predicted molar refractivity (Wildman–Crippen MR) is 73.9 cm³/mol. The van der Waals surface area contributed by atoms with Gasteiger partial charge in [-0.1, -0.05) is 0 Å². The van der Waals surface area contributed by atoms with Gasteiger partial charge in [0.25, 0.3) is 5.91 Å². The molecule has 0 heterocycles.